The fraction of sp³-hybridized carbons (Fsp3) is 0.429. The van der Waals surface area contributed by atoms with Gasteiger partial charge in [0.25, 0.3) is 0 Å². The lowest BCUT2D eigenvalue weighted by atomic mass is 9.88. The first-order chi connectivity index (χ1) is 7.61. The highest BCUT2D eigenvalue weighted by molar-refractivity contribution is 5.83. The predicted octanol–water partition coefficient (Wildman–Crippen LogP) is 3.09. The van der Waals surface area contributed by atoms with Gasteiger partial charge in [0.1, 0.15) is 5.58 Å². The topological polar surface area (TPSA) is 33.4 Å². The molecule has 2 nitrogen and oxygen atoms in total. The van der Waals surface area contributed by atoms with Crippen molar-refractivity contribution >= 4 is 11.0 Å². The van der Waals surface area contributed by atoms with E-state index in [0.29, 0.717) is 0 Å². The van der Waals surface area contributed by atoms with Gasteiger partial charge in [0.15, 0.2) is 0 Å². The first-order valence-corrected chi connectivity index (χ1v) is 5.68. The van der Waals surface area contributed by atoms with E-state index in [2.05, 4.69) is 19.9 Å². The molecular weight excluding hydrogens is 200 g/mol. The second-order valence-electron chi connectivity index (χ2n) is 5.45. The quantitative estimate of drug-likeness (QED) is 0.836. The van der Waals surface area contributed by atoms with Crippen molar-refractivity contribution < 1.29 is 9.52 Å². The van der Waals surface area contributed by atoms with Crippen LogP contribution in [0.1, 0.15) is 25.8 Å². The van der Waals surface area contributed by atoms with Gasteiger partial charge in [-0.1, -0.05) is 32.0 Å². The van der Waals surface area contributed by atoms with E-state index < -0.39 is 0 Å². The van der Waals surface area contributed by atoms with Crippen LogP contribution in [0.15, 0.2) is 34.9 Å². The summed E-state index contributed by atoms with van der Waals surface area (Å²) < 4.78 is 5.56. The molecule has 1 heterocycles. The van der Waals surface area contributed by atoms with Crippen LogP contribution in [-0.2, 0) is 5.41 Å². The van der Waals surface area contributed by atoms with Crippen molar-refractivity contribution in [3.05, 3.63) is 36.1 Å². The van der Waals surface area contributed by atoms with E-state index in [1.165, 1.54) is 0 Å². The van der Waals surface area contributed by atoms with Crippen LogP contribution < -0.4 is 0 Å². The summed E-state index contributed by atoms with van der Waals surface area (Å²) in [4.78, 5) is 0. The molecule has 16 heavy (non-hydrogen) atoms. The van der Waals surface area contributed by atoms with Crippen molar-refractivity contribution in [3.8, 4) is 0 Å². The molecule has 1 unspecified atom stereocenters. The maximum atomic E-state index is 9.68. The second kappa shape index (κ2) is 2.89. The average molecular weight is 216 g/mol. The zero-order valence-corrected chi connectivity index (χ0v) is 9.66. The number of para-hydroxylation sites is 1. The number of fused-ring (bicyclic) bond motifs is 1. The van der Waals surface area contributed by atoms with E-state index in [1.807, 2.05) is 24.5 Å². The molecule has 0 bridgehead atoms. The lowest BCUT2D eigenvalue weighted by Crippen LogP contribution is -2.18. The van der Waals surface area contributed by atoms with Gasteiger partial charge < -0.3 is 9.52 Å². The summed E-state index contributed by atoms with van der Waals surface area (Å²) in [6, 6.07) is 8.03. The first-order valence-electron chi connectivity index (χ1n) is 5.68. The largest absolute Gasteiger partial charge is 0.464 e. The smallest absolute Gasteiger partial charge is 0.134 e. The van der Waals surface area contributed by atoms with Gasteiger partial charge in [-0.15, -0.1) is 0 Å². The van der Waals surface area contributed by atoms with Crippen molar-refractivity contribution in [3.63, 3.8) is 0 Å². The molecule has 1 fully saturated rings. The van der Waals surface area contributed by atoms with Crippen LogP contribution in [0.3, 0.4) is 0 Å². The molecule has 1 atom stereocenters. The third-order valence-electron chi connectivity index (χ3n) is 4.18. The van der Waals surface area contributed by atoms with Crippen molar-refractivity contribution in [1.82, 2.24) is 0 Å². The average Bonchev–Trinajstić information content (AvgIpc) is 2.67. The number of hydrogen-bond acceptors (Lipinski definition) is 2. The third kappa shape index (κ3) is 1.05. The van der Waals surface area contributed by atoms with Crippen LogP contribution >= 0.6 is 0 Å². The SMILES string of the molecule is CC1(C)CC1(CO)c1coc2ccccc12. The Bertz CT molecular complexity index is 538. The zero-order chi connectivity index (χ0) is 11.4. The lowest BCUT2D eigenvalue weighted by molar-refractivity contribution is 0.231. The molecule has 1 aliphatic carbocycles. The summed E-state index contributed by atoms with van der Waals surface area (Å²) in [7, 11) is 0. The molecule has 1 aromatic heterocycles. The summed E-state index contributed by atoms with van der Waals surface area (Å²) in [6.45, 7) is 4.60. The summed E-state index contributed by atoms with van der Waals surface area (Å²) in [5.74, 6) is 0. The Labute approximate surface area is 94.9 Å². The predicted molar refractivity (Wildman–Crippen MR) is 63.4 cm³/mol. The van der Waals surface area contributed by atoms with E-state index >= 15 is 0 Å². The molecule has 1 aliphatic rings. The van der Waals surface area contributed by atoms with Crippen LogP contribution in [0, 0.1) is 5.41 Å². The number of rotatable bonds is 2. The van der Waals surface area contributed by atoms with E-state index in [0.717, 1.165) is 23.0 Å². The van der Waals surface area contributed by atoms with Crippen molar-refractivity contribution in [1.29, 1.82) is 0 Å². The number of aliphatic hydroxyl groups excluding tert-OH is 1. The minimum absolute atomic E-state index is 0.0976. The second-order valence-corrected chi connectivity index (χ2v) is 5.45. The van der Waals surface area contributed by atoms with Crippen molar-refractivity contribution in [2.75, 3.05) is 6.61 Å². The standard InChI is InChI=1S/C14H16O2/c1-13(2)8-14(13,9-15)11-7-16-12-6-4-3-5-10(11)12/h3-7,15H,8-9H2,1-2H3. The van der Waals surface area contributed by atoms with Crippen LogP contribution in [-0.4, -0.2) is 11.7 Å². The Kier molecular flexibility index (Phi) is 1.79. The van der Waals surface area contributed by atoms with E-state index in [4.69, 9.17) is 4.42 Å². The Morgan fingerprint density at radius 1 is 1.31 bits per heavy atom. The molecule has 2 heteroatoms. The Morgan fingerprint density at radius 3 is 2.62 bits per heavy atom. The van der Waals surface area contributed by atoms with Gasteiger partial charge in [0.2, 0.25) is 0 Å². The molecule has 0 amide bonds. The fourth-order valence-corrected chi connectivity index (χ4v) is 2.87. The van der Waals surface area contributed by atoms with Gasteiger partial charge in [-0.05, 0) is 17.9 Å². The molecule has 0 radical (unpaired) electrons. The van der Waals surface area contributed by atoms with E-state index in [-0.39, 0.29) is 17.4 Å². The van der Waals surface area contributed by atoms with Crippen molar-refractivity contribution in [2.24, 2.45) is 5.41 Å². The number of hydrogen-bond donors (Lipinski definition) is 1. The molecule has 0 saturated heterocycles. The van der Waals surface area contributed by atoms with Gasteiger partial charge in [-0.2, -0.15) is 0 Å². The van der Waals surface area contributed by atoms with Gasteiger partial charge >= 0.3 is 0 Å². The molecular formula is C14H16O2. The van der Waals surface area contributed by atoms with E-state index in [9.17, 15) is 5.11 Å². The van der Waals surface area contributed by atoms with Crippen LogP contribution in [0.4, 0.5) is 0 Å². The van der Waals surface area contributed by atoms with E-state index in [1.54, 1.807) is 0 Å². The van der Waals surface area contributed by atoms with Gasteiger partial charge in [0, 0.05) is 16.4 Å². The zero-order valence-electron chi connectivity index (χ0n) is 9.66. The molecule has 2 aromatic rings. The molecule has 0 spiro atoms. The molecule has 3 rings (SSSR count). The number of benzene rings is 1. The summed E-state index contributed by atoms with van der Waals surface area (Å²) in [6.07, 6.45) is 2.84. The lowest BCUT2D eigenvalue weighted by Gasteiger charge is -2.16. The molecule has 0 aliphatic heterocycles. The number of aliphatic hydroxyl groups is 1. The highest BCUT2D eigenvalue weighted by atomic mass is 16.3. The van der Waals surface area contributed by atoms with Crippen LogP contribution in [0.25, 0.3) is 11.0 Å². The Morgan fingerprint density at radius 2 is 2.00 bits per heavy atom. The minimum Gasteiger partial charge on any atom is -0.464 e. The van der Waals surface area contributed by atoms with Gasteiger partial charge in [-0.25, -0.2) is 0 Å². The van der Waals surface area contributed by atoms with Crippen molar-refractivity contribution in [2.45, 2.75) is 25.7 Å². The summed E-state index contributed by atoms with van der Waals surface area (Å²) in [5.41, 5.74) is 2.15. The molecule has 1 saturated carbocycles. The maximum Gasteiger partial charge on any atom is 0.134 e. The molecule has 1 N–H and O–H groups in total. The maximum absolute atomic E-state index is 9.68. The summed E-state index contributed by atoms with van der Waals surface area (Å²) in [5, 5.41) is 10.8. The minimum atomic E-state index is -0.0976. The summed E-state index contributed by atoms with van der Waals surface area (Å²) >= 11 is 0. The molecule has 1 aromatic carbocycles. The van der Waals surface area contributed by atoms with Gasteiger partial charge in [0.05, 0.1) is 12.9 Å². The van der Waals surface area contributed by atoms with Gasteiger partial charge in [-0.3, -0.25) is 0 Å². The number of furan rings is 1. The van der Waals surface area contributed by atoms with Crippen LogP contribution in [0.2, 0.25) is 0 Å². The van der Waals surface area contributed by atoms with Crippen LogP contribution in [0.5, 0.6) is 0 Å². The Hall–Kier alpha value is -1.28. The third-order valence-corrected chi connectivity index (χ3v) is 4.18. The monoisotopic (exact) mass is 216 g/mol. The Balaban J connectivity index is 2.20. The highest BCUT2D eigenvalue weighted by Crippen LogP contribution is 2.65. The molecule has 84 valence electrons. The normalized spacial score (nSPS) is 27.2. The fourth-order valence-electron chi connectivity index (χ4n) is 2.87. The first kappa shape index (κ1) is 9.91. The highest BCUT2D eigenvalue weighted by Gasteiger charge is 2.62.